The molecule has 6 heteroatoms. The molecule has 6 nitrogen and oxygen atoms in total. The van der Waals surface area contributed by atoms with Crippen LogP contribution in [0.1, 0.15) is 278 Å². The van der Waals surface area contributed by atoms with Crippen LogP contribution in [0, 0.1) is 0 Å². The largest absolute Gasteiger partial charge is 0.462 e. The number of carbonyl (C=O) groups excluding carboxylic acids is 3. The van der Waals surface area contributed by atoms with Gasteiger partial charge < -0.3 is 14.2 Å². The third-order valence-corrected chi connectivity index (χ3v) is 12.0. The van der Waals surface area contributed by atoms with E-state index in [4.69, 9.17) is 14.2 Å². The number of ether oxygens (including phenoxy) is 3. The topological polar surface area (TPSA) is 78.9 Å². The van der Waals surface area contributed by atoms with E-state index in [0.29, 0.717) is 19.3 Å². The Balaban J connectivity index is 4.41. The first-order chi connectivity index (χ1) is 32.0. The highest BCUT2D eigenvalue weighted by Crippen LogP contribution is 2.15. The van der Waals surface area contributed by atoms with Gasteiger partial charge in [0.15, 0.2) is 6.10 Å². The number of rotatable bonds is 50. The Morgan fingerprint density at radius 3 is 0.969 bits per heavy atom. The van der Waals surface area contributed by atoms with Crippen LogP contribution in [0.25, 0.3) is 0 Å². The van der Waals surface area contributed by atoms with E-state index in [-0.39, 0.29) is 31.1 Å². The third-order valence-electron chi connectivity index (χ3n) is 12.0. The second-order valence-corrected chi connectivity index (χ2v) is 18.5. The van der Waals surface area contributed by atoms with E-state index in [1.54, 1.807) is 0 Å². The second-order valence-electron chi connectivity index (χ2n) is 18.5. The molecule has 0 radical (unpaired) electrons. The number of unbranched alkanes of at least 4 members (excludes halogenated alkanes) is 29. The highest BCUT2D eigenvalue weighted by molar-refractivity contribution is 5.71. The predicted octanol–water partition coefficient (Wildman–Crippen LogP) is 18.4. The van der Waals surface area contributed by atoms with E-state index in [9.17, 15) is 14.4 Å². The molecule has 0 bridgehead atoms. The standard InChI is InChI=1S/C59H104O6/c1-4-7-10-13-16-19-22-25-28-30-32-34-37-40-43-46-49-52-58(61)64-55-56(54-63-57(60)51-48-45-42-39-36-33-27-24-21-18-15-12-9-6-3)65-59(62)53-50-47-44-41-38-35-31-29-26-23-20-17-14-11-8-5-2/h8,11,17,20,25-26,28-29,33,36,56H,4-7,9-10,12-16,18-19,21-24,27,30-32,34-35,37-55H2,1-3H3/b11-8-,20-17-,28-25-,29-26-,36-33-. The summed E-state index contributed by atoms with van der Waals surface area (Å²) in [6, 6.07) is 0. The SMILES string of the molecule is CC/C=C\C/C=C\C/C=C\CCCCCCCCC(=O)OC(COC(=O)CCCCC/C=C\CCCCCCCCC)COC(=O)CCCCCCCCC/C=C\CCCCCCCC. The highest BCUT2D eigenvalue weighted by atomic mass is 16.6. The summed E-state index contributed by atoms with van der Waals surface area (Å²) in [6.45, 7) is 6.51. The quantitative estimate of drug-likeness (QED) is 0.0262. The summed E-state index contributed by atoms with van der Waals surface area (Å²) in [6.07, 6.45) is 66.3. The summed E-state index contributed by atoms with van der Waals surface area (Å²) in [5, 5.41) is 0. The van der Waals surface area contributed by atoms with Gasteiger partial charge in [0, 0.05) is 19.3 Å². The van der Waals surface area contributed by atoms with Crippen molar-refractivity contribution in [2.75, 3.05) is 13.2 Å². The fraction of sp³-hybridized carbons (Fsp3) is 0.780. The predicted molar refractivity (Wildman–Crippen MR) is 279 cm³/mol. The fourth-order valence-electron chi connectivity index (χ4n) is 7.80. The Morgan fingerprint density at radius 2 is 0.600 bits per heavy atom. The van der Waals surface area contributed by atoms with Crippen molar-refractivity contribution in [3.63, 3.8) is 0 Å². The summed E-state index contributed by atoms with van der Waals surface area (Å²) in [4.78, 5) is 38.1. The maximum Gasteiger partial charge on any atom is 0.306 e. The summed E-state index contributed by atoms with van der Waals surface area (Å²) in [5.41, 5.74) is 0. The lowest BCUT2D eigenvalue weighted by molar-refractivity contribution is -0.167. The van der Waals surface area contributed by atoms with Gasteiger partial charge in [-0.1, -0.05) is 216 Å². The average Bonchev–Trinajstić information content (AvgIpc) is 3.30. The van der Waals surface area contributed by atoms with Gasteiger partial charge in [0.2, 0.25) is 0 Å². The van der Waals surface area contributed by atoms with Gasteiger partial charge in [-0.2, -0.15) is 0 Å². The van der Waals surface area contributed by atoms with Gasteiger partial charge >= 0.3 is 17.9 Å². The second kappa shape index (κ2) is 53.7. The monoisotopic (exact) mass is 909 g/mol. The molecule has 0 heterocycles. The van der Waals surface area contributed by atoms with Crippen LogP contribution in [0.5, 0.6) is 0 Å². The average molecular weight is 909 g/mol. The van der Waals surface area contributed by atoms with Crippen molar-refractivity contribution < 1.29 is 28.6 Å². The Kier molecular flexibility index (Phi) is 51.3. The van der Waals surface area contributed by atoms with E-state index in [1.807, 2.05) is 0 Å². The van der Waals surface area contributed by atoms with Crippen molar-refractivity contribution in [1.82, 2.24) is 0 Å². The molecule has 1 atom stereocenters. The van der Waals surface area contributed by atoms with Crippen LogP contribution in [0.3, 0.4) is 0 Å². The molecule has 0 amide bonds. The zero-order valence-corrected chi connectivity index (χ0v) is 43.0. The Labute approximate surface area is 402 Å². The molecule has 0 fully saturated rings. The number of hydrogen-bond acceptors (Lipinski definition) is 6. The lowest BCUT2D eigenvalue weighted by Gasteiger charge is -2.18. The van der Waals surface area contributed by atoms with E-state index in [0.717, 1.165) is 103 Å². The molecule has 0 aliphatic carbocycles. The van der Waals surface area contributed by atoms with Gasteiger partial charge in [0.05, 0.1) is 0 Å². The minimum absolute atomic E-state index is 0.0858. The van der Waals surface area contributed by atoms with Crippen molar-refractivity contribution >= 4 is 17.9 Å². The van der Waals surface area contributed by atoms with E-state index < -0.39 is 6.10 Å². The van der Waals surface area contributed by atoms with Crippen molar-refractivity contribution in [1.29, 1.82) is 0 Å². The van der Waals surface area contributed by atoms with Crippen molar-refractivity contribution in [2.24, 2.45) is 0 Å². The molecule has 0 aromatic heterocycles. The summed E-state index contributed by atoms with van der Waals surface area (Å²) < 4.78 is 16.8. The minimum atomic E-state index is -0.788. The fourth-order valence-corrected chi connectivity index (χ4v) is 7.80. The van der Waals surface area contributed by atoms with Gasteiger partial charge in [-0.05, 0) is 103 Å². The van der Waals surface area contributed by atoms with Crippen LogP contribution >= 0.6 is 0 Å². The molecule has 376 valence electrons. The van der Waals surface area contributed by atoms with Crippen LogP contribution in [-0.4, -0.2) is 37.2 Å². The molecule has 0 aliphatic rings. The van der Waals surface area contributed by atoms with E-state index in [2.05, 4.69) is 81.5 Å². The Bertz CT molecular complexity index is 1180. The Morgan fingerprint density at radius 1 is 0.323 bits per heavy atom. The molecule has 0 saturated carbocycles. The van der Waals surface area contributed by atoms with Crippen LogP contribution in [0.4, 0.5) is 0 Å². The van der Waals surface area contributed by atoms with Gasteiger partial charge in [-0.15, -0.1) is 0 Å². The van der Waals surface area contributed by atoms with Crippen LogP contribution in [0.15, 0.2) is 60.8 Å². The first-order valence-electron chi connectivity index (χ1n) is 27.8. The summed E-state index contributed by atoms with van der Waals surface area (Å²) >= 11 is 0. The highest BCUT2D eigenvalue weighted by Gasteiger charge is 2.19. The molecule has 0 aromatic rings. The van der Waals surface area contributed by atoms with Gasteiger partial charge in [-0.25, -0.2) is 0 Å². The normalized spacial score (nSPS) is 12.5. The molecule has 0 saturated heterocycles. The molecular weight excluding hydrogens is 805 g/mol. The van der Waals surface area contributed by atoms with Crippen molar-refractivity contribution in [2.45, 2.75) is 284 Å². The first kappa shape index (κ1) is 62.1. The minimum Gasteiger partial charge on any atom is -0.462 e. The molecule has 1 unspecified atom stereocenters. The van der Waals surface area contributed by atoms with Crippen molar-refractivity contribution in [3.05, 3.63) is 60.8 Å². The lowest BCUT2D eigenvalue weighted by Crippen LogP contribution is -2.30. The molecule has 0 spiro atoms. The van der Waals surface area contributed by atoms with Crippen molar-refractivity contribution in [3.8, 4) is 0 Å². The molecule has 0 aromatic carbocycles. The van der Waals surface area contributed by atoms with Crippen LogP contribution < -0.4 is 0 Å². The number of esters is 3. The maximum absolute atomic E-state index is 12.8. The van der Waals surface area contributed by atoms with Gasteiger partial charge in [0.1, 0.15) is 13.2 Å². The van der Waals surface area contributed by atoms with E-state index >= 15 is 0 Å². The van der Waals surface area contributed by atoms with Gasteiger partial charge in [-0.3, -0.25) is 14.4 Å². The lowest BCUT2D eigenvalue weighted by atomic mass is 10.1. The first-order valence-corrected chi connectivity index (χ1v) is 27.8. The smallest absolute Gasteiger partial charge is 0.306 e. The number of hydrogen-bond donors (Lipinski definition) is 0. The maximum atomic E-state index is 12.8. The third kappa shape index (κ3) is 51.9. The molecule has 0 aliphatic heterocycles. The molecule has 65 heavy (non-hydrogen) atoms. The molecule has 0 rings (SSSR count). The molecular formula is C59H104O6. The summed E-state index contributed by atoms with van der Waals surface area (Å²) in [5.74, 6) is -0.911. The van der Waals surface area contributed by atoms with Crippen LogP contribution in [0.2, 0.25) is 0 Å². The van der Waals surface area contributed by atoms with Crippen LogP contribution in [-0.2, 0) is 28.6 Å². The number of carbonyl (C=O) groups is 3. The molecule has 0 N–H and O–H groups in total. The zero-order valence-electron chi connectivity index (χ0n) is 43.0. The van der Waals surface area contributed by atoms with Gasteiger partial charge in [0.25, 0.3) is 0 Å². The Hall–Kier alpha value is -2.89. The summed E-state index contributed by atoms with van der Waals surface area (Å²) in [7, 11) is 0. The number of allylic oxidation sites excluding steroid dienone is 10. The zero-order chi connectivity index (χ0) is 47.2. The van der Waals surface area contributed by atoms with E-state index in [1.165, 1.54) is 135 Å².